The molecule has 1 atom stereocenters. The van der Waals surface area contributed by atoms with Gasteiger partial charge in [0, 0.05) is 6.42 Å². The van der Waals surface area contributed by atoms with Crippen LogP contribution in [0.25, 0.3) is 0 Å². The molecule has 1 unspecified atom stereocenters. The van der Waals surface area contributed by atoms with Crippen LogP contribution in [0.15, 0.2) is 78.1 Å². The Morgan fingerprint density at radius 3 is 2.33 bits per heavy atom. The molecule has 0 saturated heterocycles. The van der Waals surface area contributed by atoms with Gasteiger partial charge < -0.3 is 4.74 Å². The smallest absolute Gasteiger partial charge is 0.115 e. The average molecular weight is 278 g/mol. The lowest BCUT2D eigenvalue weighted by Gasteiger charge is -2.24. The molecule has 0 fully saturated rings. The van der Waals surface area contributed by atoms with E-state index in [1.165, 1.54) is 0 Å². The van der Waals surface area contributed by atoms with Crippen molar-refractivity contribution in [2.24, 2.45) is 5.10 Å². The fraction of sp³-hybridized carbons (Fsp3) is 0.167. The van der Waals surface area contributed by atoms with Crippen molar-refractivity contribution in [1.29, 1.82) is 0 Å². The van der Waals surface area contributed by atoms with Gasteiger partial charge in [-0.05, 0) is 17.7 Å². The van der Waals surface area contributed by atoms with Gasteiger partial charge in [0.15, 0.2) is 0 Å². The summed E-state index contributed by atoms with van der Waals surface area (Å²) in [6, 6.07) is 20.4. The minimum atomic E-state index is 0.0348. The Balaban J connectivity index is 1.97. The second-order valence-electron chi connectivity index (χ2n) is 4.98. The van der Waals surface area contributed by atoms with E-state index in [1.54, 1.807) is 7.11 Å². The molecule has 3 nitrogen and oxygen atoms in total. The molecular weight excluding hydrogens is 260 g/mol. The second kappa shape index (κ2) is 5.83. The van der Waals surface area contributed by atoms with E-state index in [0.717, 1.165) is 29.1 Å². The molecule has 21 heavy (non-hydrogen) atoms. The molecule has 0 spiro atoms. The number of benzene rings is 2. The van der Waals surface area contributed by atoms with Crippen LogP contribution in [-0.2, 0) is 4.74 Å². The summed E-state index contributed by atoms with van der Waals surface area (Å²) in [7, 11) is 1.66. The number of anilines is 1. The van der Waals surface area contributed by atoms with Gasteiger partial charge >= 0.3 is 0 Å². The van der Waals surface area contributed by atoms with Crippen molar-refractivity contribution in [2.75, 3.05) is 12.1 Å². The predicted molar refractivity (Wildman–Crippen MR) is 86.5 cm³/mol. The maximum Gasteiger partial charge on any atom is 0.115 e. The molecule has 0 aliphatic carbocycles. The van der Waals surface area contributed by atoms with Crippen LogP contribution in [-0.4, -0.2) is 18.9 Å². The van der Waals surface area contributed by atoms with Crippen LogP contribution in [0.4, 0.5) is 5.69 Å². The molecule has 106 valence electrons. The van der Waals surface area contributed by atoms with Crippen LogP contribution in [0.3, 0.4) is 0 Å². The highest BCUT2D eigenvalue weighted by atomic mass is 16.5. The topological polar surface area (TPSA) is 24.8 Å². The van der Waals surface area contributed by atoms with Crippen LogP contribution in [0.5, 0.6) is 0 Å². The van der Waals surface area contributed by atoms with Gasteiger partial charge in [0.1, 0.15) is 11.8 Å². The molecule has 1 aliphatic heterocycles. The van der Waals surface area contributed by atoms with Crippen LogP contribution >= 0.6 is 0 Å². The van der Waals surface area contributed by atoms with Crippen LogP contribution < -0.4 is 5.01 Å². The summed E-state index contributed by atoms with van der Waals surface area (Å²) in [5.41, 5.74) is 3.25. The minimum Gasteiger partial charge on any atom is -0.499 e. The summed E-state index contributed by atoms with van der Waals surface area (Å²) in [5, 5.41) is 6.78. The molecule has 0 bridgehead atoms. The van der Waals surface area contributed by atoms with E-state index in [0.29, 0.717) is 0 Å². The molecule has 0 aromatic heterocycles. The summed E-state index contributed by atoms with van der Waals surface area (Å²) in [5.74, 6) is 0.730. The molecule has 1 heterocycles. The summed E-state index contributed by atoms with van der Waals surface area (Å²) < 4.78 is 5.36. The highest BCUT2D eigenvalue weighted by Gasteiger charge is 2.31. The first-order valence-corrected chi connectivity index (χ1v) is 6.99. The number of rotatable bonds is 4. The van der Waals surface area contributed by atoms with E-state index >= 15 is 0 Å². The first-order valence-electron chi connectivity index (χ1n) is 6.99. The van der Waals surface area contributed by atoms with E-state index in [2.05, 4.69) is 18.7 Å². The van der Waals surface area contributed by atoms with E-state index in [9.17, 15) is 0 Å². The Kier molecular flexibility index (Phi) is 3.73. The highest BCUT2D eigenvalue weighted by molar-refractivity contribution is 6.03. The zero-order chi connectivity index (χ0) is 14.7. The molecule has 0 amide bonds. The SMILES string of the molecule is C=C(OC)C1CC(c2ccccc2)=NN1c1ccccc1. The molecular formula is C18H18N2O. The third-order valence-electron chi connectivity index (χ3n) is 3.67. The Morgan fingerprint density at radius 2 is 1.71 bits per heavy atom. The monoisotopic (exact) mass is 278 g/mol. The van der Waals surface area contributed by atoms with E-state index in [1.807, 2.05) is 53.5 Å². The minimum absolute atomic E-state index is 0.0348. The van der Waals surface area contributed by atoms with Gasteiger partial charge in [0.2, 0.25) is 0 Å². The fourth-order valence-corrected chi connectivity index (χ4v) is 2.52. The van der Waals surface area contributed by atoms with Crippen molar-refractivity contribution in [3.63, 3.8) is 0 Å². The van der Waals surface area contributed by atoms with Gasteiger partial charge in [0.05, 0.1) is 18.5 Å². The molecule has 2 aromatic rings. The molecule has 1 aliphatic rings. The Morgan fingerprint density at radius 1 is 1.10 bits per heavy atom. The molecule has 0 saturated carbocycles. The maximum absolute atomic E-state index is 5.36. The standard InChI is InChI=1S/C18H18N2O/c1-14(21-2)18-13-17(15-9-5-3-6-10-15)19-20(18)16-11-7-4-8-12-16/h3-12,18H,1,13H2,2H3. The lowest BCUT2D eigenvalue weighted by Crippen LogP contribution is -2.28. The second-order valence-corrected chi connectivity index (χ2v) is 4.98. The zero-order valence-corrected chi connectivity index (χ0v) is 12.1. The van der Waals surface area contributed by atoms with Crippen molar-refractivity contribution in [1.82, 2.24) is 0 Å². The summed E-state index contributed by atoms with van der Waals surface area (Å²) in [4.78, 5) is 0. The van der Waals surface area contributed by atoms with Gasteiger partial charge in [-0.2, -0.15) is 5.10 Å². The van der Waals surface area contributed by atoms with Gasteiger partial charge in [-0.3, -0.25) is 5.01 Å². The lowest BCUT2D eigenvalue weighted by atomic mass is 10.0. The molecule has 0 N–H and O–H groups in total. The molecule has 3 heteroatoms. The van der Waals surface area contributed by atoms with Crippen molar-refractivity contribution >= 4 is 11.4 Å². The fourth-order valence-electron chi connectivity index (χ4n) is 2.52. The van der Waals surface area contributed by atoms with Gasteiger partial charge in [0.25, 0.3) is 0 Å². The van der Waals surface area contributed by atoms with Crippen molar-refractivity contribution in [3.8, 4) is 0 Å². The van der Waals surface area contributed by atoms with Crippen molar-refractivity contribution < 1.29 is 4.74 Å². The molecule has 3 rings (SSSR count). The number of para-hydroxylation sites is 1. The predicted octanol–water partition coefficient (Wildman–Crippen LogP) is 3.83. The van der Waals surface area contributed by atoms with Gasteiger partial charge in [-0.15, -0.1) is 0 Å². The Hall–Kier alpha value is -2.55. The van der Waals surface area contributed by atoms with Crippen molar-refractivity contribution in [2.45, 2.75) is 12.5 Å². The quantitative estimate of drug-likeness (QED) is 0.794. The summed E-state index contributed by atoms with van der Waals surface area (Å²) >= 11 is 0. The van der Waals surface area contributed by atoms with Crippen molar-refractivity contribution in [3.05, 3.63) is 78.6 Å². The van der Waals surface area contributed by atoms with Crippen LogP contribution in [0.1, 0.15) is 12.0 Å². The van der Waals surface area contributed by atoms with Gasteiger partial charge in [-0.25, -0.2) is 0 Å². The number of nitrogens with zero attached hydrogens (tertiary/aromatic N) is 2. The van der Waals surface area contributed by atoms with E-state index in [-0.39, 0.29) is 6.04 Å². The summed E-state index contributed by atoms with van der Waals surface area (Å²) in [6.07, 6.45) is 0.797. The average Bonchev–Trinajstić information content (AvgIpc) is 3.01. The van der Waals surface area contributed by atoms with Crippen LogP contribution in [0.2, 0.25) is 0 Å². The number of methoxy groups -OCH3 is 1. The van der Waals surface area contributed by atoms with E-state index in [4.69, 9.17) is 9.84 Å². The molecule has 2 aromatic carbocycles. The number of hydrogen-bond donors (Lipinski definition) is 0. The lowest BCUT2D eigenvalue weighted by molar-refractivity contribution is 0.267. The highest BCUT2D eigenvalue weighted by Crippen LogP contribution is 2.30. The number of ether oxygens (including phenoxy) is 1. The maximum atomic E-state index is 5.36. The first kappa shape index (κ1) is 13.4. The molecule has 0 radical (unpaired) electrons. The Bertz CT molecular complexity index is 649. The van der Waals surface area contributed by atoms with E-state index < -0.39 is 0 Å². The normalized spacial score (nSPS) is 17.5. The third-order valence-corrected chi connectivity index (χ3v) is 3.67. The first-order chi connectivity index (χ1) is 10.3. The Labute approximate surface area is 125 Å². The zero-order valence-electron chi connectivity index (χ0n) is 12.1. The largest absolute Gasteiger partial charge is 0.499 e. The number of hydrogen-bond acceptors (Lipinski definition) is 3. The van der Waals surface area contributed by atoms with Crippen LogP contribution in [0, 0.1) is 0 Å². The third kappa shape index (κ3) is 2.68. The summed E-state index contributed by atoms with van der Waals surface area (Å²) in [6.45, 7) is 4.02. The number of hydrazone groups is 1. The van der Waals surface area contributed by atoms with Gasteiger partial charge in [-0.1, -0.05) is 55.1 Å².